The summed E-state index contributed by atoms with van der Waals surface area (Å²) in [7, 11) is 0. The van der Waals surface area contributed by atoms with Crippen molar-refractivity contribution in [2.75, 3.05) is 11.9 Å². The molecule has 1 aromatic heterocycles. The Balaban J connectivity index is 2.15. The second kappa shape index (κ2) is 6.71. The number of carbonyl (C=O) groups excluding carboxylic acids is 1. The van der Waals surface area contributed by atoms with Gasteiger partial charge in [0.25, 0.3) is 5.91 Å². The van der Waals surface area contributed by atoms with Gasteiger partial charge in [-0.15, -0.1) is 0 Å². The molecule has 0 fully saturated rings. The molecular formula is C14H11ClN2O4. The number of rotatable bonds is 5. The van der Waals surface area contributed by atoms with Crippen molar-refractivity contribution in [3.05, 3.63) is 53.3 Å². The number of aliphatic carboxylic acids is 1. The van der Waals surface area contributed by atoms with Crippen LogP contribution in [0.25, 0.3) is 0 Å². The minimum atomic E-state index is -1.10. The fourth-order valence-electron chi connectivity index (χ4n) is 1.57. The van der Waals surface area contributed by atoms with E-state index in [2.05, 4.69) is 10.3 Å². The maximum atomic E-state index is 12.1. The molecule has 2 N–H and O–H groups in total. The average molecular weight is 307 g/mol. The Labute approximate surface area is 125 Å². The van der Waals surface area contributed by atoms with Gasteiger partial charge in [-0.1, -0.05) is 23.7 Å². The highest BCUT2D eigenvalue weighted by Gasteiger charge is 2.11. The third-order valence-electron chi connectivity index (χ3n) is 2.48. The van der Waals surface area contributed by atoms with Gasteiger partial charge in [-0.05, 0) is 24.3 Å². The minimum Gasteiger partial charge on any atom is -0.480 e. The lowest BCUT2D eigenvalue weighted by molar-refractivity contribution is -0.139. The van der Waals surface area contributed by atoms with E-state index in [1.807, 2.05) is 0 Å². The van der Waals surface area contributed by atoms with E-state index in [1.165, 1.54) is 18.3 Å². The molecular weight excluding hydrogens is 296 g/mol. The van der Waals surface area contributed by atoms with Gasteiger partial charge in [0.15, 0.2) is 6.61 Å². The van der Waals surface area contributed by atoms with Crippen LogP contribution in [0.5, 0.6) is 5.75 Å². The summed E-state index contributed by atoms with van der Waals surface area (Å²) in [6.07, 6.45) is 1.42. The molecule has 0 unspecified atom stereocenters. The van der Waals surface area contributed by atoms with Gasteiger partial charge in [0, 0.05) is 11.8 Å². The van der Waals surface area contributed by atoms with Gasteiger partial charge in [-0.2, -0.15) is 0 Å². The number of carboxylic acid groups (broad SMARTS) is 1. The van der Waals surface area contributed by atoms with Crippen molar-refractivity contribution in [2.24, 2.45) is 0 Å². The van der Waals surface area contributed by atoms with Gasteiger partial charge < -0.3 is 15.2 Å². The number of carboxylic acids is 1. The summed E-state index contributed by atoms with van der Waals surface area (Å²) in [6.45, 7) is -0.492. The number of nitrogens with zero attached hydrogens (tertiary/aromatic N) is 1. The second-order valence-corrected chi connectivity index (χ2v) is 4.39. The molecule has 0 aliphatic rings. The number of anilines is 1. The zero-order valence-corrected chi connectivity index (χ0v) is 11.5. The van der Waals surface area contributed by atoms with Crippen molar-refractivity contribution < 1.29 is 19.4 Å². The summed E-state index contributed by atoms with van der Waals surface area (Å²) in [5.74, 6) is -1.23. The molecule has 21 heavy (non-hydrogen) atoms. The van der Waals surface area contributed by atoms with Gasteiger partial charge in [-0.25, -0.2) is 9.78 Å². The van der Waals surface area contributed by atoms with Crippen LogP contribution in [0.15, 0.2) is 42.6 Å². The van der Waals surface area contributed by atoms with E-state index in [1.54, 1.807) is 24.3 Å². The number of hydrogen-bond donors (Lipinski definition) is 2. The van der Waals surface area contributed by atoms with Gasteiger partial charge in [0.05, 0.1) is 5.69 Å². The smallest absolute Gasteiger partial charge is 0.341 e. The third kappa shape index (κ3) is 4.19. The van der Waals surface area contributed by atoms with E-state index in [9.17, 15) is 9.59 Å². The highest BCUT2D eigenvalue weighted by Crippen LogP contribution is 2.24. The third-order valence-corrected chi connectivity index (χ3v) is 2.68. The van der Waals surface area contributed by atoms with Gasteiger partial charge >= 0.3 is 5.97 Å². The Morgan fingerprint density at radius 1 is 1.29 bits per heavy atom. The lowest BCUT2D eigenvalue weighted by Crippen LogP contribution is -2.15. The predicted molar refractivity (Wildman–Crippen MR) is 76.8 cm³/mol. The molecule has 6 nitrogen and oxygen atoms in total. The van der Waals surface area contributed by atoms with Gasteiger partial charge in [0.1, 0.15) is 10.9 Å². The van der Waals surface area contributed by atoms with Crippen LogP contribution in [0.1, 0.15) is 10.4 Å². The molecule has 1 amide bonds. The normalized spacial score (nSPS) is 9.95. The quantitative estimate of drug-likeness (QED) is 0.828. The number of amides is 1. The molecule has 108 valence electrons. The largest absolute Gasteiger partial charge is 0.480 e. The molecule has 0 atom stereocenters. The van der Waals surface area contributed by atoms with Crippen molar-refractivity contribution in [1.29, 1.82) is 0 Å². The van der Waals surface area contributed by atoms with Crippen molar-refractivity contribution >= 4 is 29.2 Å². The lowest BCUT2D eigenvalue weighted by atomic mass is 10.2. The number of ether oxygens (including phenoxy) is 1. The molecule has 0 spiro atoms. The number of para-hydroxylation sites is 2. The molecule has 0 saturated carbocycles. The van der Waals surface area contributed by atoms with Crippen molar-refractivity contribution in [3.8, 4) is 5.75 Å². The first-order chi connectivity index (χ1) is 10.1. The van der Waals surface area contributed by atoms with Crippen LogP contribution < -0.4 is 10.1 Å². The van der Waals surface area contributed by atoms with Crippen LogP contribution in [0.3, 0.4) is 0 Å². The Hall–Kier alpha value is -2.60. The van der Waals surface area contributed by atoms with Crippen LogP contribution in [0.2, 0.25) is 5.15 Å². The van der Waals surface area contributed by atoms with Crippen LogP contribution in [0.4, 0.5) is 5.69 Å². The summed E-state index contributed by atoms with van der Waals surface area (Å²) in [4.78, 5) is 26.4. The van der Waals surface area contributed by atoms with Crippen molar-refractivity contribution in [2.45, 2.75) is 0 Å². The summed E-state index contributed by atoms with van der Waals surface area (Å²) in [5, 5.41) is 11.5. The summed E-state index contributed by atoms with van der Waals surface area (Å²) in [6, 6.07) is 9.49. The molecule has 0 bridgehead atoms. The van der Waals surface area contributed by atoms with Gasteiger partial charge in [-0.3, -0.25) is 4.79 Å². The van der Waals surface area contributed by atoms with E-state index in [4.69, 9.17) is 21.4 Å². The number of nitrogens with one attached hydrogen (secondary N) is 1. The summed E-state index contributed by atoms with van der Waals surface area (Å²) >= 11 is 5.73. The predicted octanol–water partition coefficient (Wildman–Crippen LogP) is 2.45. The average Bonchev–Trinajstić information content (AvgIpc) is 2.46. The fourth-order valence-corrected chi connectivity index (χ4v) is 1.75. The van der Waals surface area contributed by atoms with E-state index in [-0.39, 0.29) is 10.9 Å². The Morgan fingerprint density at radius 3 is 2.76 bits per heavy atom. The first-order valence-electron chi connectivity index (χ1n) is 5.93. The molecule has 0 saturated heterocycles. The first kappa shape index (κ1) is 14.8. The minimum absolute atomic E-state index is 0.207. The summed E-state index contributed by atoms with van der Waals surface area (Å²) in [5.41, 5.74) is 0.708. The SMILES string of the molecule is O=C(O)COc1ccccc1NC(=O)c1ccnc(Cl)c1. The first-order valence-corrected chi connectivity index (χ1v) is 6.30. The fraction of sp³-hybridized carbons (Fsp3) is 0.0714. The maximum absolute atomic E-state index is 12.1. The number of pyridine rings is 1. The molecule has 7 heteroatoms. The number of halogens is 1. The number of benzene rings is 1. The van der Waals surface area contributed by atoms with Crippen molar-refractivity contribution in [1.82, 2.24) is 4.98 Å². The lowest BCUT2D eigenvalue weighted by Gasteiger charge is -2.11. The van der Waals surface area contributed by atoms with E-state index in [0.29, 0.717) is 11.3 Å². The standard InChI is InChI=1S/C14H11ClN2O4/c15-12-7-9(5-6-16-12)14(20)17-10-3-1-2-4-11(10)21-8-13(18)19/h1-7H,8H2,(H,17,20)(H,18,19). The Kier molecular flexibility index (Phi) is 4.73. The second-order valence-electron chi connectivity index (χ2n) is 4.00. The van der Waals surface area contributed by atoms with Gasteiger partial charge in [0.2, 0.25) is 0 Å². The number of hydrogen-bond acceptors (Lipinski definition) is 4. The van der Waals surface area contributed by atoms with Crippen molar-refractivity contribution in [3.63, 3.8) is 0 Å². The number of aromatic nitrogens is 1. The molecule has 0 radical (unpaired) electrons. The zero-order valence-electron chi connectivity index (χ0n) is 10.7. The highest BCUT2D eigenvalue weighted by atomic mass is 35.5. The topological polar surface area (TPSA) is 88.5 Å². The molecule has 0 aliphatic heterocycles. The van der Waals surface area contributed by atoms with E-state index < -0.39 is 18.5 Å². The van der Waals surface area contributed by atoms with E-state index >= 15 is 0 Å². The molecule has 0 aliphatic carbocycles. The van der Waals surface area contributed by atoms with E-state index in [0.717, 1.165) is 0 Å². The Bertz CT molecular complexity index is 676. The monoisotopic (exact) mass is 306 g/mol. The molecule has 1 aromatic carbocycles. The number of carbonyl (C=O) groups is 2. The molecule has 2 aromatic rings. The highest BCUT2D eigenvalue weighted by molar-refractivity contribution is 6.29. The zero-order chi connectivity index (χ0) is 15.2. The molecule has 1 heterocycles. The van der Waals surface area contributed by atoms with Crippen LogP contribution in [-0.4, -0.2) is 28.6 Å². The summed E-state index contributed by atoms with van der Waals surface area (Å²) < 4.78 is 5.11. The van der Waals surface area contributed by atoms with Crippen LogP contribution in [0, 0.1) is 0 Å². The Morgan fingerprint density at radius 2 is 2.05 bits per heavy atom. The molecule has 2 rings (SSSR count). The maximum Gasteiger partial charge on any atom is 0.341 e. The van der Waals surface area contributed by atoms with Crippen LogP contribution in [-0.2, 0) is 4.79 Å². The van der Waals surface area contributed by atoms with Crippen LogP contribution >= 0.6 is 11.6 Å².